The predicted octanol–water partition coefficient (Wildman–Crippen LogP) is 2.09. The zero-order valence-corrected chi connectivity index (χ0v) is 14.0. The average molecular weight is 329 g/mol. The number of imidazole rings is 1. The summed E-state index contributed by atoms with van der Waals surface area (Å²) >= 11 is 0. The maximum atomic E-state index is 12.2. The SMILES string of the molecule is CC(C)CC(NC(=O)Cc1cncn1Cc1ccccc1)C(=O)O. The van der Waals surface area contributed by atoms with Gasteiger partial charge in [0.05, 0.1) is 12.7 Å². The van der Waals surface area contributed by atoms with Crippen molar-refractivity contribution in [3.8, 4) is 0 Å². The Morgan fingerprint density at radius 1 is 1.25 bits per heavy atom. The first-order valence-electron chi connectivity index (χ1n) is 8.00. The van der Waals surface area contributed by atoms with Crippen LogP contribution >= 0.6 is 0 Å². The van der Waals surface area contributed by atoms with Crippen molar-refractivity contribution < 1.29 is 14.7 Å². The van der Waals surface area contributed by atoms with E-state index in [1.807, 2.05) is 48.7 Å². The molecule has 0 aliphatic heterocycles. The third-order valence-electron chi connectivity index (χ3n) is 3.68. The zero-order valence-electron chi connectivity index (χ0n) is 14.0. The minimum absolute atomic E-state index is 0.106. The van der Waals surface area contributed by atoms with E-state index in [1.54, 1.807) is 12.5 Å². The number of aromatic nitrogens is 2. The van der Waals surface area contributed by atoms with Crippen LogP contribution in [0.2, 0.25) is 0 Å². The van der Waals surface area contributed by atoms with Gasteiger partial charge in [-0.25, -0.2) is 9.78 Å². The van der Waals surface area contributed by atoms with E-state index in [1.165, 1.54) is 0 Å². The molecule has 0 fully saturated rings. The third kappa shape index (κ3) is 5.22. The molecule has 0 saturated carbocycles. The van der Waals surface area contributed by atoms with E-state index in [9.17, 15) is 14.7 Å². The number of nitrogens with zero attached hydrogens (tertiary/aromatic N) is 2. The first-order valence-corrected chi connectivity index (χ1v) is 8.00. The highest BCUT2D eigenvalue weighted by molar-refractivity contribution is 5.84. The summed E-state index contributed by atoms with van der Waals surface area (Å²) in [6.07, 6.45) is 3.83. The molecule has 0 aliphatic carbocycles. The van der Waals surface area contributed by atoms with Crippen LogP contribution in [0.4, 0.5) is 0 Å². The molecule has 2 N–H and O–H groups in total. The van der Waals surface area contributed by atoms with Gasteiger partial charge in [0.25, 0.3) is 0 Å². The summed E-state index contributed by atoms with van der Waals surface area (Å²) in [5, 5.41) is 11.8. The highest BCUT2D eigenvalue weighted by Gasteiger charge is 2.21. The summed E-state index contributed by atoms with van der Waals surface area (Å²) in [5.41, 5.74) is 1.87. The minimum atomic E-state index is -1.00. The average Bonchev–Trinajstić information content (AvgIpc) is 2.94. The van der Waals surface area contributed by atoms with Crippen LogP contribution in [-0.2, 0) is 22.6 Å². The lowest BCUT2D eigenvalue weighted by atomic mass is 10.0. The summed E-state index contributed by atoms with van der Waals surface area (Å²) in [6.45, 7) is 4.48. The standard InChI is InChI=1S/C18H23N3O3/c1-13(2)8-16(18(23)24)20-17(22)9-15-10-19-12-21(15)11-14-6-4-3-5-7-14/h3-7,10,12-13,16H,8-9,11H2,1-2H3,(H,20,22)(H,23,24). The second kappa shape index (κ2) is 8.29. The number of benzene rings is 1. The second-order valence-corrected chi connectivity index (χ2v) is 6.26. The van der Waals surface area contributed by atoms with Gasteiger partial charge in [0.15, 0.2) is 0 Å². The minimum Gasteiger partial charge on any atom is -0.480 e. The van der Waals surface area contributed by atoms with Crippen LogP contribution in [0, 0.1) is 5.92 Å². The number of carbonyl (C=O) groups is 2. The summed E-state index contributed by atoms with van der Waals surface area (Å²) in [5.74, 6) is -1.12. The van der Waals surface area contributed by atoms with Crippen molar-refractivity contribution in [2.45, 2.75) is 39.3 Å². The van der Waals surface area contributed by atoms with Gasteiger partial charge in [-0.05, 0) is 17.9 Å². The lowest BCUT2D eigenvalue weighted by Crippen LogP contribution is -2.42. The molecule has 0 aliphatic rings. The highest BCUT2D eigenvalue weighted by Crippen LogP contribution is 2.08. The van der Waals surface area contributed by atoms with Gasteiger partial charge in [-0.2, -0.15) is 0 Å². The van der Waals surface area contributed by atoms with Crippen LogP contribution in [0.1, 0.15) is 31.5 Å². The molecule has 6 heteroatoms. The van der Waals surface area contributed by atoms with E-state index in [0.29, 0.717) is 13.0 Å². The zero-order chi connectivity index (χ0) is 17.5. The third-order valence-corrected chi connectivity index (χ3v) is 3.68. The number of hydrogen-bond donors (Lipinski definition) is 2. The van der Waals surface area contributed by atoms with Crippen molar-refractivity contribution in [1.29, 1.82) is 0 Å². The van der Waals surface area contributed by atoms with Crippen molar-refractivity contribution in [2.75, 3.05) is 0 Å². The molecular weight excluding hydrogens is 306 g/mol. The molecular formula is C18H23N3O3. The Morgan fingerprint density at radius 3 is 2.58 bits per heavy atom. The van der Waals surface area contributed by atoms with Gasteiger partial charge in [0.1, 0.15) is 6.04 Å². The van der Waals surface area contributed by atoms with Crippen LogP contribution < -0.4 is 5.32 Å². The smallest absolute Gasteiger partial charge is 0.326 e. The number of aliphatic carboxylic acids is 1. The molecule has 6 nitrogen and oxygen atoms in total. The second-order valence-electron chi connectivity index (χ2n) is 6.26. The topological polar surface area (TPSA) is 84.2 Å². The molecule has 2 aromatic rings. The molecule has 0 saturated heterocycles. The van der Waals surface area contributed by atoms with E-state index in [4.69, 9.17) is 0 Å². The fourth-order valence-corrected chi connectivity index (χ4v) is 2.52. The van der Waals surface area contributed by atoms with E-state index in [0.717, 1.165) is 11.3 Å². The van der Waals surface area contributed by atoms with Gasteiger partial charge in [-0.1, -0.05) is 44.2 Å². The van der Waals surface area contributed by atoms with E-state index < -0.39 is 12.0 Å². The lowest BCUT2D eigenvalue weighted by Gasteiger charge is -2.16. The van der Waals surface area contributed by atoms with Crippen molar-refractivity contribution >= 4 is 11.9 Å². The summed E-state index contributed by atoms with van der Waals surface area (Å²) in [4.78, 5) is 27.5. The largest absolute Gasteiger partial charge is 0.480 e. The number of nitrogens with one attached hydrogen (secondary N) is 1. The number of carbonyl (C=O) groups excluding carboxylic acids is 1. The molecule has 1 aromatic carbocycles. The number of carboxylic acid groups (broad SMARTS) is 1. The van der Waals surface area contributed by atoms with Gasteiger partial charge in [-0.15, -0.1) is 0 Å². The molecule has 128 valence electrons. The first kappa shape index (κ1) is 17.7. The summed E-state index contributed by atoms with van der Waals surface area (Å²) in [6, 6.07) is 9.03. The Bertz CT molecular complexity index is 680. The molecule has 1 atom stereocenters. The Hall–Kier alpha value is -2.63. The molecule has 1 heterocycles. The Morgan fingerprint density at radius 2 is 1.96 bits per heavy atom. The van der Waals surface area contributed by atoms with Gasteiger partial charge < -0.3 is 15.0 Å². The van der Waals surface area contributed by atoms with Gasteiger partial charge in [0.2, 0.25) is 5.91 Å². The number of carboxylic acids is 1. The fourth-order valence-electron chi connectivity index (χ4n) is 2.52. The molecule has 24 heavy (non-hydrogen) atoms. The molecule has 0 bridgehead atoms. The first-order chi connectivity index (χ1) is 11.5. The number of rotatable bonds is 8. The van der Waals surface area contributed by atoms with Crippen molar-refractivity contribution in [2.24, 2.45) is 5.92 Å². The van der Waals surface area contributed by atoms with Gasteiger partial charge >= 0.3 is 5.97 Å². The molecule has 1 amide bonds. The molecule has 0 radical (unpaired) electrons. The number of hydrogen-bond acceptors (Lipinski definition) is 3. The Kier molecular flexibility index (Phi) is 6.12. The summed E-state index contributed by atoms with van der Waals surface area (Å²) in [7, 11) is 0. The lowest BCUT2D eigenvalue weighted by molar-refractivity contribution is -0.142. The maximum absolute atomic E-state index is 12.2. The molecule has 0 spiro atoms. The van der Waals surface area contributed by atoms with Crippen LogP contribution in [0.15, 0.2) is 42.9 Å². The Balaban J connectivity index is 1.99. The van der Waals surface area contributed by atoms with Gasteiger partial charge in [0, 0.05) is 18.4 Å². The van der Waals surface area contributed by atoms with Crippen LogP contribution in [0.25, 0.3) is 0 Å². The summed E-state index contributed by atoms with van der Waals surface area (Å²) < 4.78 is 1.90. The predicted molar refractivity (Wildman–Crippen MR) is 90.5 cm³/mol. The van der Waals surface area contributed by atoms with Gasteiger partial charge in [-0.3, -0.25) is 4.79 Å². The monoisotopic (exact) mass is 329 g/mol. The molecule has 1 aromatic heterocycles. The molecule has 2 rings (SSSR count). The van der Waals surface area contributed by atoms with Crippen LogP contribution in [0.5, 0.6) is 0 Å². The Labute approximate surface area is 141 Å². The van der Waals surface area contributed by atoms with E-state index in [2.05, 4.69) is 10.3 Å². The maximum Gasteiger partial charge on any atom is 0.326 e. The van der Waals surface area contributed by atoms with E-state index in [-0.39, 0.29) is 18.2 Å². The van der Waals surface area contributed by atoms with E-state index >= 15 is 0 Å². The fraction of sp³-hybridized carbons (Fsp3) is 0.389. The van der Waals surface area contributed by atoms with Crippen molar-refractivity contribution in [3.05, 3.63) is 54.1 Å². The number of amides is 1. The molecule has 1 unspecified atom stereocenters. The van der Waals surface area contributed by atoms with Crippen molar-refractivity contribution in [3.63, 3.8) is 0 Å². The highest BCUT2D eigenvalue weighted by atomic mass is 16.4. The quantitative estimate of drug-likeness (QED) is 0.777. The van der Waals surface area contributed by atoms with Crippen LogP contribution in [-0.4, -0.2) is 32.6 Å². The van der Waals surface area contributed by atoms with Crippen molar-refractivity contribution in [1.82, 2.24) is 14.9 Å². The normalized spacial score (nSPS) is 12.1. The van der Waals surface area contributed by atoms with Crippen LogP contribution in [0.3, 0.4) is 0 Å².